The minimum absolute atomic E-state index is 0.151. The van der Waals surface area contributed by atoms with Gasteiger partial charge in [-0.1, -0.05) is 11.6 Å². The molecule has 1 atom stereocenters. The summed E-state index contributed by atoms with van der Waals surface area (Å²) < 4.78 is 41.2. The van der Waals surface area contributed by atoms with Gasteiger partial charge in [-0.15, -0.1) is 0 Å². The van der Waals surface area contributed by atoms with Crippen LogP contribution in [0, 0.1) is 11.3 Å². The predicted octanol–water partition coefficient (Wildman–Crippen LogP) is 2.74. The summed E-state index contributed by atoms with van der Waals surface area (Å²) in [6.45, 7) is 1.97. The largest absolute Gasteiger partial charge is 0.401 e. The lowest BCUT2D eigenvalue weighted by Crippen LogP contribution is -2.54. The first kappa shape index (κ1) is 15.4. The fraction of sp³-hybridized carbons (Fsp3) is 0.636. The summed E-state index contributed by atoms with van der Waals surface area (Å²) in [4.78, 5) is 3.27. The molecule has 0 saturated carbocycles. The monoisotopic (exact) mass is 324 g/mol. The zero-order chi connectivity index (χ0) is 14.9. The molecule has 2 heterocycles. The minimum atomic E-state index is -4.19. The van der Waals surface area contributed by atoms with E-state index in [0.717, 1.165) is 11.5 Å². The van der Waals surface area contributed by atoms with E-state index in [9.17, 15) is 13.2 Å². The van der Waals surface area contributed by atoms with Gasteiger partial charge >= 0.3 is 6.18 Å². The summed E-state index contributed by atoms with van der Waals surface area (Å²) in [5.74, 6) is 0. The molecule has 9 heteroatoms. The summed E-state index contributed by atoms with van der Waals surface area (Å²) in [5.41, 5.74) is 0.299. The van der Waals surface area contributed by atoms with Gasteiger partial charge < -0.3 is 4.90 Å². The third-order valence-corrected chi connectivity index (χ3v) is 4.46. The van der Waals surface area contributed by atoms with Gasteiger partial charge in [0.25, 0.3) is 0 Å². The van der Waals surface area contributed by atoms with Gasteiger partial charge in [-0.25, -0.2) is 0 Å². The first-order chi connectivity index (χ1) is 9.31. The highest BCUT2D eigenvalue weighted by Gasteiger charge is 2.35. The lowest BCUT2D eigenvalue weighted by atomic mass is 10.2. The Bertz CT molecular complexity index is 525. The van der Waals surface area contributed by atoms with Gasteiger partial charge in [-0.05, 0) is 18.5 Å². The van der Waals surface area contributed by atoms with Crippen molar-refractivity contribution < 1.29 is 13.2 Å². The average Bonchev–Trinajstić information content (AvgIpc) is 2.71. The van der Waals surface area contributed by atoms with Crippen molar-refractivity contribution in [1.29, 1.82) is 5.26 Å². The summed E-state index contributed by atoms with van der Waals surface area (Å²) in [7, 11) is 0. The zero-order valence-electron chi connectivity index (χ0n) is 10.6. The van der Waals surface area contributed by atoms with Crippen LogP contribution in [0.5, 0.6) is 0 Å². The maximum atomic E-state index is 12.4. The molecule has 0 N–H and O–H groups in total. The van der Waals surface area contributed by atoms with Crippen molar-refractivity contribution in [2.45, 2.75) is 19.1 Å². The van der Waals surface area contributed by atoms with Crippen molar-refractivity contribution in [3.8, 4) is 6.07 Å². The predicted molar refractivity (Wildman–Crippen MR) is 71.1 cm³/mol. The maximum Gasteiger partial charge on any atom is 0.401 e. The van der Waals surface area contributed by atoms with Gasteiger partial charge in [0.15, 0.2) is 5.15 Å². The maximum absolute atomic E-state index is 12.4. The number of anilines is 1. The fourth-order valence-corrected chi connectivity index (χ4v) is 3.28. The van der Waals surface area contributed by atoms with Crippen molar-refractivity contribution >= 4 is 28.1 Å². The third-order valence-electron chi connectivity index (χ3n) is 3.18. The summed E-state index contributed by atoms with van der Waals surface area (Å²) in [6, 6.07) is 1.73. The number of alkyl halides is 3. The Balaban J connectivity index is 2.07. The SMILES string of the molecule is CC1CN(c2snc(Cl)c2C#N)CCN1CC(F)(F)F. The van der Waals surface area contributed by atoms with Gasteiger partial charge in [0.2, 0.25) is 0 Å². The highest BCUT2D eigenvalue weighted by molar-refractivity contribution is 7.10. The molecule has 2 rings (SSSR count). The summed E-state index contributed by atoms with van der Waals surface area (Å²) in [6.07, 6.45) is -4.19. The summed E-state index contributed by atoms with van der Waals surface area (Å²) >= 11 is 6.91. The number of nitriles is 1. The molecule has 1 aromatic heterocycles. The molecule has 1 fully saturated rings. The first-order valence-electron chi connectivity index (χ1n) is 5.93. The number of hydrogen-bond donors (Lipinski definition) is 0. The molecule has 1 saturated heterocycles. The molecular weight excluding hydrogens is 313 g/mol. The minimum Gasteiger partial charge on any atom is -0.358 e. The molecule has 0 amide bonds. The molecule has 0 aliphatic carbocycles. The van der Waals surface area contributed by atoms with E-state index in [1.807, 2.05) is 11.0 Å². The van der Waals surface area contributed by atoms with Crippen LogP contribution in [0.2, 0.25) is 5.15 Å². The Labute approximate surface area is 123 Å². The number of nitrogens with zero attached hydrogens (tertiary/aromatic N) is 4. The van der Waals surface area contributed by atoms with E-state index < -0.39 is 12.7 Å². The highest BCUT2D eigenvalue weighted by atomic mass is 35.5. The molecule has 1 unspecified atom stereocenters. The lowest BCUT2D eigenvalue weighted by Gasteiger charge is -2.40. The molecule has 0 radical (unpaired) electrons. The van der Waals surface area contributed by atoms with E-state index in [1.54, 1.807) is 6.92 Å². The normalized spacial score (nSPS) is 21.0. The standard InChI is InChI=1S/C11H12ClF3N4S/c1-7-5-18(2-3-19(7)6-11(13,14)15)10-8(4-16)9(12)17-20-10/h7H,2-3,5-6H2,1H3. The third kappa shape index (κ3) is 3.34. The Morgan fingerprint density at radius 1 is 1.50 bits per heavy atom. The van der Waals surface area contributed by atoms with E-state index >= 15 is 0 Å². The smallest absolute Gasteiger partial charge is 0.358 e. The number of piperazine rings is 1. The molecule has 0 aromatic carbocycles. The molecular formula is C11H12ClF3N4S. The van der Waals surface area contributed by atoms with Crippen LogP contribution in [0.25, 0.3) is 0 Å². The number of rotatable bonds is 2. The second-order valence-corrected chi connectivity index (χ2v) is 5.76. The zero-order valence-corrected chi connectivity index (χ0v) is 12.2. The van der Waals surface area contributed by atoms with Gasteiger partial charge in [-0.3, -0.25) is 4.90 Å². The number of hydrogen-bond acceptors (Lipinski definition) is 5. The van der Waals surface area contributed by atoms with E-state index in [4.69, 9.17) is 16.9 Å². The number of halogens is 4. The van der Waals surface area contributed by atoms with Crippen LogP contribution in [0.15, 0.2) is 0 Å². The Hall–Kier alpha value is -1.04. The second-order valence-electron chi connectivity index (χ2n) is 4.65. The molecule has 20 heavy (non-hydrogen) atoms. The lowest BCUT2D eigenvalue weighted by molar-refractivity contribution is -0.150. The van der Waals surface area contributed by atoms with Crippen LogP contribution in [-0.2, 0) is 0 Å². The molecule has 1 aromatic rings. The van der Waals surface area contributed by atoms with Crippen molar-refractivity contribution in [1.82, 2.24) is 9.27 Å². The van der Waals surface area contributed by atoms with Gasteiger partial charge in [0, 0.05) is 25.7 Å². The van der Waals surface area contributed by atoms with Crippen LogP contribution < -0.4 is 4.90 Å². The van der Waals surface area contributed by atoms with E-state index in [-0.39, 0.29) is 11.2 Å². The van der Waals surface area contributed by atoms with E-state index in [2.05, 4.69) is 4.37 Å². The van der Waals surface area contributed by atoms with Crippen LogP contribution >= 0.6 is 23.1 Å². The molecule has 1 aliphatic heterocycles. The van der Waals surface area contributed by atoms with Crippen molar-refractivity contribution in [3.05, 3.63) is 10.7 Å². The van der Waals surface area contributed by atoms with E-state index in [1.165, 1.54) is 4.90 Å². The topological polar surface area (TPSA) is 43.2 Å². The summed E-state index contributed by atoms with van der Waals surface area (Å²) in [5, 5.41) is 9.82. The first-order valence-corrected chi connectivity index (χ1v) is 7.08. The quantitative estimate of drug-likeness (QED) is 0.839. The van der Waals surface area contributed by atoms with Crippen LogP contribution in [0.3, 0.4) is 0 Å². The van der Waals surface area contributed by atoms with Crippen molar-refractivity contribution in [2.24, 2.45) is 0 Å². The van der Waals surface area contributed by atoms with Crippen molar-refractivity contribution in [3.63, 3.8) is 0 Å². The Kier molecular flexibility index (Phi) is 4.42. The molecule has 4 nitrogen and oxygen atoms in total. The second kappa shape index (κ2) is 5.76. The molecule has 0 spiro atoms. The molecule has 0 bridgehead atoms. The van der Waals surface area contributed by atoms with E-state index in [0.29, 0.717) is 30.2 Å². The Morgan fingerprint density at radius 3 is 2.75 bits per heavy atom. The van der Waals surface area contributed by atoms with Crippen LogP contribution in [0.1, 0.15) is 12.5 Å². The highest BCUT2D eigenvalue weighted by Crippen LogP contribution is 2.32. The molecule has 1 aliphatic rings. The Morgan fingerprint density at radius 2 is 2.20 bits per heavy atom. The fourth-order valence-electron chi connectivity index (χ4n) is 2.22. The van der Waals surface area contributed by atoms with Crippen LogP contribution in [-0.4, -0.2) is 47.7 Å². The van der Waals surface area contributed by atoms with Gasteiger partial charge in [0.05, 0.1) is 6.54 Å². The molecule has 110 valence electrons. The van der Waals surface area contributed by atoms with Crippen molar-refractivity contribution in [2.75, 3.05) is 31.1 Å². The van der Waals surface area contributed by atoms with Crippen LogP contribution in [0.4, 0.5) is 18.2 Å². The van der Waals surface area contributed by atoms with Gasteiger partial charge in [-0.2, -0.15) is 22.8 Å². The number of aromatic nitrogens is 1. The van der Waals surface area contributed by atoms with Gasteiger partial charge in [0.1, 0.15) is 16.6 Å². The average molecular weight is 325 g/mol.